The molecule has 1 aliphatic heterocycles. The first kappa shape index (κ1) is 11.8. The van der Waals surface area contributed by atoms with Crippen LogP contribution in [0.2, 0.25) is 0 Å². The lowest BCUT2D eigenvalue weighted by Gasteiger charge is -2.38. The van der Waals surface area contributed by atoms with Crippen LogP contribution in [-0.4, -0.2) is 13.1 Å². The van der Waals surface area contributed by atoms with Crippen LogP contribution in [-0.2, 0) is 6.42 Å². The monoisotopic (exact) mass is 255 g/mol. The molecule has 0 aromatic heterocycles. The van der Waals surface area contributed by atoms with E-state index in [4.69, 9.17) is 0 Å². The molecule has 1 nitrogen and oxygen atoms in total. The Morgan fingerprint density at radius 3 is 2.63 bits per heavy atom. The third-order valence-electron chi connectivity index (χ3n) is 5.69. The number of fused-ring (bicyclic) bond motifs is 3. The van der Waals surface area contributed by atoms with E-state index < -0.39 is 0 Å². The summed E-state index contributed by atoms with van der Waals surface area (Å²) in [4.78, 5) is 2.59. The third kappa shape index (κ3) is 2.07. The Morgan fingerprint density at radius 1 is 0.895 bits per heavy atom. The molecule has 0 bridgehead atoms. The number of anilines is 1. The van der Waals surface area contributed by atoms with E-state index in [1.807, 2.05) is 0 Å². The van der Waals surface area contributed by atoms with E-state index in [0.29, 0.717) is 0 Å². The predicted octanol–water partition coefficient (Wildman–Crippen LogP) is 4.51. The van der Waals surface area contributed by atoms with Gasteiger partial charge in [-0.1, -0.05) is 18.9 Å². The number of benzene rings is 1. The van der Waals surface area contributed by atoms with Crippen LogP contribution in [0.1, 0.15) is 62.0 Å². The minimum Gasteiger partial charge on any atom is -0.372 e. The molecule has 2 fully saturated rings. The Balaban J connectivity index is 1.68. The van der Waals surface area contributed by atoms with Crippen molar-refractivity contribution in [1.82, 2.24) is 0 Å². The van der Waals surface area contributed by atoms with E-state index in [2.05, 4.69) is 23.1 Å². The molecule has 2 aliphatic carbocycles. The first-order valence-electron chi connectivity index (χ1n) is 8.29. The molecule has 1 heterocycles. The molecule has 1 saturated heterocycles. The molecule has 4 rings (SSSR count). The summed E-state index contributed by atoms with van der Waals surface area (Å²) in [5.74, 6) is 1.88. The van der Waals surface area contributed by atoms with Crippen LogP contribution in [0.25, 0.3) is 0 Å². The smallest absolute Gasteiger partial charge is 0.0369 e. The highest BCUT2D eigenvalue weighted by atomic mass is 15.1. The molecule has 0 radical (unpaired) electrons. The maximum Gasteiger partial charge on any atom is 0.0369 e. The van der Waals surface area contributed by atoms with Crippen molar-refractivity contribution in [2.75, 3.05) is 18.0 Å². The van der Waals surface area contributed by atoms with Crippen molar-refractivity contribution >= 4 is 5.69 Å². The number of rotatable bonds is 1. The zero-order valence-corrected chi connectivity index (χ0v) is 11.9. The van der Waals surface area contributed by atoms with Crippen molar-refractivity contribution in [2.45, 2.75) is 57.3 Å². The second kappa shape index (κ2) is 4.85. The molecule has 0 spiro atoms. The first-order valence-corrected chi connectivity index (χ1v) is 8.29. The number of hydrogen-bond donors (Lipinski definition) is 0. The van der Waals surface area contributed by atoms with Gasteiger partial charge in [0.2, 0.25) is 0 Å². The van der Waals surface area contributed by atoms with Crippen molar-refractivity contribution in [3.8, 4) is 0 Å². The van der Waals surface area contributed by atoms with Gasteiger partial charge in [-0.25, -0.2) is 0 Å². The standard InChI is InChI=1S/C18H25N/c1-2-6-17-14(5-1)7-8-15-9-10-16(13-18(15)17)19-11-3-4-12-19/h9-10,13-14,17H,1-8,11-12H2/t14-,17+/m0/s1. The number of hydrogen-bond acceptors (Lipinski definition) is 1. The second-order valence-electron chi connectivity index (χ2n) is 6.77. The first-order chi connectivity index (χ1) is 9.42. The highest BCUT2D eigenvalue weighted by Gasteiger charge is 2.31. The van der Waals surface area contributed by atoms with Crippen molar-refractivity contribution in [3.05, 3.63) is 29.3 Å². The second-order valence-corrected chi connectivity index (χ2v) is 6.77. The van der Waals surface area contributed by atoms with Crippen LogP contribution in [0.4, 0.5) is 5.69 Å². The van der Waals surface area contributed by atoms with Gasteiger partial charge in [-0.2, -0.15) is 0 Å². The van der Waals surface area contributed by atoms with E-state index in [1.54, 1.807) is 11.1 Å². The maximum absolute atomic E-state index is 2.59. The van der Waals surface area contributed by atoms with Crippen LogP contribution in [0.3, 0.4) is 0 Å². The Hall–Kier alpha value is -0.980. The molecule has 1 aromatic rings. The van der Waals surface area contributed by atoms with E-state index in [-0.39, 0.29) is 0 Å². The van der Waals surface area contributed by atoms with E-state index in [1.165, 1.54) is 70.1 Å². The van der Waals surface area contributed by atoms with E-state index in [0.717, 1.165) is 11.8 Å². The van der Waals surface area contributed by atoms with Crippen LogP contribution in [0.15, 0.2) is 18.2 Å². The Bertz CT molecular complexity index is 459. The summed E-state index contributed by atoms with van der Waals surface area (Å²) in [5, 5.41) is 0. The molecule has 3 aliphatic rings. The lowest BCUT2D eigenvalue weighted by atomic mass is 9.68. The molecule has 0 N–H and O–H groups in total. The van der Waals surface area contributed by atoms with Crippen molar-refractivity contribution in [2.24, 2.45) is 5.92 Å². The fourth-order valence-electron chi connectivity index (χ4n) is 4.63. The maximum atomic E-state index is 2.59. The Kier molecular flexibility index (Phi) is 3.01. The van der Waals surface area contributed by atoms with Gasteiger partial charge in [0.1, 0.15) is 0 Å². The van der Waals surface area contributed by atoms with Crippen molar-refractivity contribution < 1.29 is 0 Å². The molecule has 0 amide bonds. The molecular formula is C18H25N. The summed E-state index contributed by atoms with van der Waals surface area (Å²) in [6, 6.07) is 7.38. The molecule has 0 unspecified atom stereocenters. The number of nitrogens with zero attached hydrogens (tertiary/aromatic N) is 1. The summed E-state index contributed by atoms with van der Waals surface area (Å²) >= 11 is 0. The Labute approximate surface area is 117 Å². The average Bonchev–Trinajstić information content (AvgIpc) is 3.01. The zero-order valence-electron chi connectivity index (χ0n) is 11.9. The van der Waals surface area contributed by atoms with Gasteiger partial charge >= 0.3 is 0 Å². The van der Waals surface area contributed by atoms with Crippen molar-refractivity contribution in [3.63, 3.8) is 0 Å². The third-order valence-corrected chi connectivity index (χ3v) is 5.69. The van der Waals surface area contributed by atoms with Crippen LogP contribution in [0, 0.1) is 5.92 Å². The van der Waals surface area contributed by atoms with Gasteiger partial charge in [0.25, 0.3) is 0 Å². The molecule has 2 atom stereocenters. The number of aryl methyl sites for hydroxylation is 1. The van der Waals surface area contributed by atoms with E-state index >= 15 is 0 Å². The highest BCUT2D eigenvalue weighted by molar-refractivity contribution is 5.53. The minimum absolute atomic E-state index is 0.889. The zero-order chi connectivity index (χ0) is 12.7. The largest absolute Gasteiger partial charge is 0.372 e. The molecule has 1 saturated carbocycles. The SMILES string of the molecule is c1cc2c(cc1N1CCCC1)[C@@H]1CCCC[C@H]1CC2. The topological polar surface area (TPSA) is 3.24 Å². The molecule has 19 heavy (non-hydrogen) atoms. The fourth-order valence-corrected chi connectivity index (χ4v) is 4.63. The quantitative estimate of drug-likeness (QED) is 0.714. The summed E-state index contributed by atoms with van der Waals surface area (Å²) in [7, 11) is 0. The lowest BCUT2D eigenvalue weighted by Crippen LogP contribution is -2.25. The summed E-state index contributed by atoms with van der Waals surface area (Å²) in [5.41, 5.74) is 4.88. The molecule has 102 valence electrons. The average molecular weight is 255 g/mol. The molecule has 1 aromatic carbocycles. The van der Waals surface area contributed by atoms with Gasteiger partial charge in [0, 0.05) is 18.8 Å². The van der Waals surface area contributed by atoms with Gasteiger partial charge in [0.15, 0.2) is 0 Å². The van der Waals surface area contributed by atoms with Gasteiger partial charge < -0.3 is 4.90 Å². The summed E-state index contributed by atoms with van der Waals surface area (Å²) in [6.07, 6.45) is 11.4. The summed E-state index contributed by atoms with van der Waals surface area (Å²) < 4.78 is 0. The van der Waals surface area contributed by atoms with Crippen LogP contribution in [0.5, 0.6) is 0 Å². The predicted molar refractivity (Wildman–Crippen MR) is 80.9 cm³/mol. The van der Waals surface area contributed by atoms with Gasteiger partial charge in [0.05, 0.1) is 0 Å². The van der Waals surface area contributed by atoms with Crippen LogP contribution < -0.4 is 4.90 Å². The van der Waals surface area contributed by atoms with Crippen molar-refractivity contribution in [1.29, 1.82) is 0 Å². The normalized spacial score (nSPS) is 30.0. The Morgan fingerprint density at radius 2 is 1.74 bits per heavy atom. The van der Waals surface area contributed by atoms with Gasteiger partial charge in [-0.05, 0) is 73.6 Å². The minimum atomic E-state index is 0.889. The van der Waals surface area contributed by atoms with Gasteiger partial charge in [-0.15, -0.1) is 0 Å². The lowest BCUT2D eigenvalue weighted by molar-refractivity contribution is 0.276. The van der Waals surface area contributed by atoms with Gasteiger partial charge in [-0.3, -0.25) is 0 Å². The fraction of sp³-hybridized carbons (Fsp3) is 0.667. The highest BCUT2D eigenvalue weighted by Crippen LogP contribution is 2.46. The van der Waals surface area contributed by atoms with E-state index in [9.17, 15) is 0 Å². The molecule has 1 heteroatoms. The molecular weight excluding hydrogens is 230 g/mol. The summed E-state index contributed by atoms with van der Waals surface area (Å²) in [6.45, 7) is 2.54. The van der Waals surface area contributed by atoms with Crippen LogP contribution >= 0.6 is 0 Å².